The van der Waals surface area contributed by atoms with Crippen LogP contribution in [-0.4, -0.2) is 48.7 Å². The van der Waals surface area contributed by atoms with Crippen LogP contribution in [0.2, 0.25) is 0 Å². The van der Waals surface area contributed by atoms with Gasteiger partial charge in [-0.1, -0.05) is 12.0 Å². The first-order valence-electron chi connectivity index (χ1n) is 10.5. The summed E-state index contributed by atoms with van der Waals surface area (Å²) in [4.78, 5) is 12.7. The molecule has 1 aromatic carbocycles. The molecule has 4 heterocycles. The molecule has 10 nitrogen and oxygen atoms in total. The minimum Gasteiger partial charge on any atom is -0.490 e. The van der Waals surface area contributed by atoms with Gasteiger partial charge < -0.3 is 14.8 Å². The van der Waals surface area contributed by atoms with Gasteiger partial charge in [0.1, 0.15) is 18.8 Å². The van der Waals surface area contributed by atoms with Crippen LogP contribution in [0.25, 0.3) is 11.5 Å². The summed E-state index contributed by atoms with van der Waals surface area (Å²) in [6.07, 6.45) is 7.13. The molecule has 0 aliphatic carbocycles. The highest BCUT2D eigenvalue weighted by atomic mass is 16.5. The van der Waals surface area contributed by atoms with Crippen molar-refractivity contribution in [1.29, 1.82) is 0 Å². The van der Waals surface area contributed by atoms with Crippen molar-refractivity contribution >= 4 is 17.4 Å². The largest absolute Gasteiger partial charge is 0.490 e. The van der Waals surface area contributed by atoms with Crippen molar-refractivity contribution in [1.82, 2.24) is 29.6 Å². The predicted octanol–water partition coefficient (Wildman–Crippen LogP) is 2.50. The lowest BCUT2D eigenvalue weighted by Gasteiger charge is -2.25. The highest BCUT2D eigenvalue weighted by molar-refractivity contribution is 5.95. The lowest BCUT2D eigenvalue weighted by atomic mass is 9.85. The van der Waals surface area contributed by atoms with Crippen molar-refractivity contribution in [3.63, 3.8) is 0 Å². The third kappa shape index (κ3) is 3.63. The Morgan fingerprint density at radius 1 is 1.21 bits per heavy atom. The maximum atomic E-state index is 12.7. The topological polar surface area (TPSA) is 108 Å². The Labute approximate surface area is 189 Å². The molecule has 0 radical (unpaired) electrons. The zero-order chi connectivity index (χ0) is 22.9. The number of hydrogen-bond donors (Lipinski definition) is 1. The van der Waals surface area contributed by atoms with E-state index < -0.39 is 0 Å². The molecular formula is C23H21N7O3. The number of hydrogen-bond acceptors (Lipinski definition) is 7. The van der Waals surface area contributed by atoms with E-state index in [2.05, 4.69) is 31.6 Å². The minimum absolute atomic E-state index is 0.107. The molecule has 166 valence electrons. The Morgan fingerprint density at radius 3 is 2.91 bits per heavy atom. The second-order valence-electron chi connectivity index (χ2n) is 7.52. The van der Waals surface area contributed by atoms with Crippen LogP contribution in [0.5, 0.6) is 11.5 Å². The number of terminal acetylenes is 1. The summed E-state index contributed by atoms with van der Waals surface area (Å²) in [6, 6.07) is 9.24. The molecule has 1 aliphatic rings. The molecule has 0 bridgehead atoms. The van der Waals surface area contributed by atoms with Crippen LogP contribution in [0.4, 0.5) is 5.82 Å². The van der Waals surface area contributed by atoms with Gasteiger partial charge in [0.05, 0.1) is 12.3 Å². The summed E-state index contributed by atoms with van der Waals surface area (Å²) in [7, 11) is 0. The zero-order valence-electron chi connectivity index (χ0n) is 18.1. The smallest absolute Gasteiger partial charge is 0.226 e. The van der Waals surface area contributed by atoms with Gasteiger partial charge in [-0.25, -0.2) is 0 Å². The van der Waals surface area contributed by atoms with Crippen molar-refractivity contribution in [2.24, 2.45) is 0 Å². The average Bonchev–Trinajstić information content (AvgIpc) is 3.41. The SMILES string of the molecule is C#CCOc1ccc([C@@H]2CC(=O)Nc3c2c(C)nn3-c2ccc3nncn3n2)cc1OCC. The van der Waals surface area contributed by atoms with Crippen LogP contribution in [0.15, 0.2) is 36.7 Å². The molecule has 10 heteroatoms. The van der Waals surface area contributed by atoms with E-state index in [1.54, 1.807) is 21.3 Å². The summed E-state index contributed by atoms with van der Waals surface area (Å²) in [5, 5.41) is 20.0. The normalized spacial score (nSPS) is 15.1. The molecule has 1 N–H and O–H groups in total. The van der Waals surface area contributed by atoms with Crippen LogP contribution < -0.4 is 14.8 Å². The standard InChI is InChI=1S/C23H21N7O3/c1-4-10-33-17-7-6-15(11-18(17)32-5-2)16-12-21(31)25-23-22(16)14(3)27-30(23)20-9-8-19-26-24-13-29(19)28-20/h1,6-9,11,13,16H,5,10,12H2,2-3H3,(H,25,31)/t16-/m0/s1. The lowest BCUT2D eigenvalue weighted by Crippen LogP contribution is -2.25. The fourth-order valence-electron chi connectivity index (χ4n) is 4.08. The maximum absolute atomic E-state index is 12.7. The summed E-state index contributed by atoms with van der Waals surface area (Å²) in [6.45, 7) is 4.44. The van der Waals surface area contributed by atoms with E-state index in [-0.39, 0.29) is 24.9 Å². The maximum Gasteiger partial charge on any atom is 0.226 e. The van der Waals surface area contributed by atoms with Crippen molar-refractivity contribution in [2.45, 2.75) is 26.2 Å². The van der Waals surface area contributed by atoms with Gasteiger partial charge in [0.2, 0.25) is 5.91 Å². The van der Waals surface area contributed by atoms with Gasteiger partial charge in [0, 0.05) is 17.9 Å². The third-order valence-corrected chi connectivity index (χ3v) is 5.45. The van der Waals surface area contributed by atoms with Crippen LogP contribution >= 0.6 is 0 Å². The molecule has 33 heavy (non-hydrogen) atoms. The molecular weight excluding hydrogens is 422 g/mol. The van der Waals surface area contributed by atoms with Crippen molar-refractivity contribution in [2.75, 3.05) is 18.5 Å². The predicted molar refractivity (Wildman–Crippen MR) is 120 cm³/mol. The lowest BCUT2D eigenvalue weighted by molar-refractivity contribution is -0.116. The van der Waals surface area contributed by atoms with Crippen LogP contribution in [0.3, 0.4) is 0 Å². The van der Waals surface area contributed by atoms with Crippen LogP contribution in [0.1, 0.15) is 36.1 Å². The number of rotatable bonds is 6. The number of nitrogens with one attached hydrogen (secondary N) is 1. The van der Waals surface area contributed by atoms with Crippen molar-refractivity contribution < 1.29 is 14.3 Å². The van der Waals surface area contributed by atoms with E-state index >= 15 is 0 Å². The number of aryl methyl sites for hydroxylation is 1. The van der Waals surface area contributed by atoms with E-state index in [9.17, 15) is 4.79 Å². The van der Waals surface area contributed by atoms with Gasteiger partial charge in [-0.15, -0.1) is 21.7 Å². The van der Waals surface area contributed by atoms with Gasteiger partial charge in [-0.3, -0.25) is 4.79 Å². The number of benzene rings is 1. The Morgan fingerprint density at radius 2 is 2.09 bits per heavy atom. The fourth-order valence-corrected chi connectivity index (χ4v) is 4.08. The fraction of sp³-hybridized carbons (Fsp3) is 0.261. The first-order chi connectivity index (χ1) is 16.1. The summed E-state index contributed by atoms with van der Waals surface area (Å²) in [5.41, 5.74) is 3.27. The average molecular weight is 443 g/mol. The molecule has 1 atom stereocenters. The van der Waals surface area contributed by atoms with E-state index in [0.29, 0.717) is 35.4 Å². The Kier molecular flexibility index (Phi) is 5.14. The molecule has 0 saturated heterocycles. The molecule has 5 rings (SSSR count). The molecule has 1 amide bonds. The Balaban J connectivity index is 1.59. The summed E-state index contributed by atoms with van der Waals surface area (Å²) in [5.74, 6) is 4.44. The summed E-state index contributed by atoms with van der Waals surface area (Å²) < 4.78 is 14.6. The highest BCUT2D eigenvalue weighted by Crippen LogP contribution is 2.42. The molecule has 3 aromatic heterocycles. The zero-order valence-corrected chi connectivity index (χ0v) is 18.1. The monoisotopic (exact) mass is 443 g/mol. The number of aromatic nitrogens is 6. The number of fused-ring (bicyclic) bond motifs is 2. The second-order valence-corrected chi connectivity index (χ2v) is 7.52. The number of carbonyl (C=O) groups is 1. The van der Waals surface area contributed by atoms with Crippen molar-refractivity contribution in [3.05, 3.63) is 53.5 Å². The van der Waals surface area contributed by atoms with E-state index in [4.69, 9.17) is 15.9 Å². The molecule has 0 spiro atoms. The number of carbonyl (C=O) groups excluding carboxylic acids is 1. The number of amides is 1. The molecule has 0 fully saturated rings. The highest BCUT2D eigenvalue weighted by Gasteiger charge is 2.33. The second kappa shape index (κ2) is 8.27. The van der Waals surface area contributed by atoms with Gasteiger partial charge in [-0.05, 0) is 43.7 Å². The van der Waals surface area contributed by atoms with Crippen molar-refractivity contribution in [3.8, 4) is 29.7 Å². The first-order valence-corrected chi connectivity index (χ1v) is 10.5. The first kappa shape index (κ1) is 20.5. The number of nitrogens with zero attached hydrogens (tertiary/aromatic N) is 6. The minimum atomic E-state index is -0.206. The summed E-state index contributed by atoms with van der Waals surface area (Å²) >= 11 is 0. The Bertz CT molecular complexity index is 1400. The quantitative estimate of drug-likeness (QED) is 0.456. The van der Waals surface area contributed by atoms with Gasteiger partial charge >= 0.3 is 0 Å². The van der Waals surface area contributed by atoms with Gasteiger partial charge in [0.15, 0.2) is 23.0 Å². The van der Waals surface area contributed by atoms with E-state index in [1.165, 1.54) is 6.33 Å². The van der Waals surface area contributed by atoms with E-state index in [0.717, 1.165) is 16.8 Å². The molecule has 1 aliphatic heterocycles. The Hall–Kier alpha value is -4.39. The molecule has 0 unspecified atom stereocenters. The third-order valence-electron chi connectivity index (χ3n) is 5.45. The van der Waals surface area contributed by atoms with Gasteiger partial charge in [-0.2, -0.15) is 14.3 Å². The molecule has 4 aromatic rings. The number of anilines is 1. The van der Waals surface area contributed by atoms with Crippen LogP contribution in [-0.2, 0) is 4.79 Å². The molecule has 0 saturated carbocycles. The number of ether oxygens (including phenoxy) is 2. The van der Waals surface area contributed by atoms with Crippen LogP contribution in [0, 0.1) is 19.3 Å². The van der Waals surface area contributed by atoms with Gasteiger partial charge in [0.25, 0.3) is 0 Å². The van der Waals surface area contributed by atoms with E-state index in [1.807, 2.05) is 32.0 Å².